The lowest BCUT2D eigenvalue weighted by molar-refractivity contribution is -0.242. The van der Waals surface area contributed by atoms with Gasteiger partial charge in [0.25, 0.3) is 0 Å². The molecule has 0 aromatic heterocycles. The van der Waals surface area contributed by atoms with E-state index in [-0.39, 0.29) is 5.69 Å². The van der Waals surface area contributed by atoms with Crippen LogP contribution in [0.1, 0.15) is 5.56 Å². The van der Waals surface area contributed by atoms with Gasteiger partial charge in [-0.2, -0.15) is 26.3 Å². The van der Waals surface area contributed by atoms with Crippen LogP contribution in [0.25, 0.3) is 0 Å². The molecule has 1 aromatic rings. The van der Waals surface area contributed by atoms with Crippen LogP contribution in [0, 0.1) is 6.92 Å². The lowest BCUT2D eigenvalue weighted by Crippen LogP contribution is -2.47. The van der Waals surface area contributed by atoms with Crippen LogP contribution >= 0.6 is 0 Å². The average molecular weight is 257 g/mol. The summed E-state index contributed by atoms with van der Waals surface area (Å²) in [5.41, 5.74) is 0.515. The third-order valence-electron chi connectivity index (χ3n) is 2.02. The largest absolute Gasteiger partial charge is 0.417 e. The van der Waals surface area contributed by atoms with E-state index >= 15 is 0 Å². The van der Waals surface area contributed by atoms with Gasteiger partial charge in [-0.1, -0.05) is 17.7 Å². The zero-order valence-electron chi connectivity index (χ0n) is 8.65. The molecule has 0 saturated heterocycles. The topological polar surface area (TPSA) is 12.0 Å². The van der Waals surface area contributed by atoms with Crippen LogP contribution in [0.3, 0.4) is 0 Å². The highest BCUT2D eigenvalue weighted by molar-refractivity contribution is 5.45. The molecule has 0 unspecified atom stereocenters. The van der Waals surface area contributed by atoms with Gasteiger partial charge in [0.2, 0.25) is 6.04 Å². The third-order valence-corrected chi connectivity index (χ3v) is 2.02. The van der Waals surface area contributed by atoms with E-state index in [4.69, 9.17) is 0 Å². The van der Waals surface area contributed by atoms with Gasteiger partial charge in [0.1, 0.15) is 0 Å². The molecular formula is C10H9F6N. The van der Waals surface area contributed by atoms with Crippen LogP contribution < -0.4 is 5.32 Å². The van der Waals surface area contributed by atoms with Gasteiger partial charge >= 0.3 is 12.4 Å². The van der Waals surface area contributed by atoms with E-state index in [2.05, 4.69) is 0 Å². The molecule has 0 bridgehead atoms. The first kappa shape index (κ1) is 13.7. The monoisotopic (exact) mass is 257 g/mol. The standard InChI is InChI=1S/C10H9F6N/c1-6-2-4-7(5-3-6)17-8(9(11,12)13)10(14,15)16/h2-5,8,17H,1H3. The molecule has 0 spiro atoms. The van der Waals surface area contributed by atoms with Crippen LogP contribution in [0.5, 0.6) is 0 Å². The number of benzene rings is 1. The zero-order valence-corrected chi connectivity index (χ0v) is 8.65. The average Bonchev–Trinajstić information content (AvgIpc) is 2.13. The SMILES string of the molecule is Cc1ccc(NC(C(F)(F)F)C(F)(F)F)cc1. The Labute approximate surface area is 93.4 Å². The number of nitrogens with one attached hydrogen (secondary N) is 1. The van der Waals surface area contributed by atoms with E-state index in [0.29, 0.717) is 0 Å². The minimum absolute atomic E-state index is 0.227. The minimum atomic E-state index is -5.39. The number of hydrogen-bond donors (Lipinski definition) is 1. The first-order chi connectivity index (χ1) is 7.60. The molecule has 0 aliphatic carbocycles. The molecule has 1 aromatic carbocycles. The Bertz CT molecular complexity index is 350. The normalized spacial score (nSPS) is 12.9. The van der Waals surface area contributed by atoms with Gasteiger partial charge in [-0.05, 0) is 19.1 Å². The molecule has 7 heteroatoms. The van der Waals surface area contributed by atoms with Crippen molar-refractivity contribution in [2.45, 2.75) is 25.3 Å². The summed E-state index contributed by atoms with van der Waals surface area (Å²) in [5.74, 6) is 0. The summed E-state index contributed by atoms with van der Waals surface area (Å²) in [6, 6.07) is 1.62. The van der Waals surface area contributed by atoms with E-state index in [9.17, 15) is 26.3 Å². The Balaban J connectivity index is 2.92. The predicted molar refractivity (Wildman–Crippen MR) is 50.7 cm³/mol. The molecule has 0 heterocycles. The molecule has 1 nitrogen and oxygen atoms in total. The highest BCUT2D eigenvalue weighted by Crippen LogP contribution is 2.35. The lowest BCUT2D eigenvalue weighted by atomic mass is 10.2. The Morgan fingerprint density at radius 3 is 1.65 bits per heavy atom. The molecule has 96 valence electrons. The van der Waals surface area contributed by atoms with Crippen molar-refractivity contribution < 1.29 is 26.3 Å². The molecule has 0 saturated carbocycles. The van der Waals surface area contributed by atoms with Crippen molar-refractivity contribution in [1.82, 2.24) is 0 Å². The number of aryl methyl sites for hydroxylation is 1. The van der Waals surface area contributed by atoms with Crippen LogP contribution in [0.2, 0.25) is 0 Å². The predicted octanol–water partition coefficient (Wildman–Crippen LogP) is 3.90. The summed E-state index contributed by atoms with van der Waals surface area (Å²) in [6.07, 6.45) is -10.8. The lowest BCUT2D eigenvalue weighted by Gasteiger charge is -2.24. The van der Waals surface area contributed by atoms with Crippen molar-refractivity contribution in [2.24, 2.45) is 0 Å². The molecule has 1 N–H and O–H groups in total. The number of hydrogen-bond acceptors (Lipinski definition) is 1. The van der Waals surface area contributed by atoms with Gasteiger partial charge in [-0.25, -0.2) is 0 Å². The molecule has 0 aliphatic rings. The fraction of sp³-hybridized carbons (Fsp3) is 0.400. The van der Waals surface area contributed by atoms with Crippen LogP contribution in [0.15, 0.2) is 24.3 Å². The van der Waals surface area contributed by atoms with E-state index in [1.165, 1.54) is 29.6 Å². The van der Waals surface area contributed by atoms with E-state index in [1.807, 2.05) is 0 Å². The van der Waals surface area contributed by atoms with Crippen LogP contribution in [-0.4, -0.2) is 18.4 Å². The van der Waals surface area contributed by atoms with Gasteiger partial charge in [-0.3, -0.25) is 0 Å². The molecule has 0 amide bonds. The fourth-order valence-corrected chi connectivity index (χ4v) is 1.17. The summed E-state index contributed by atoms with van der Waals surface area (Å²) < 4.78 is 73.2. The Kier molecular flexibility index (Phi) is 3.59. The molecule has 0 aliphatic heterocycles. The second kappa shape index (κ2) is 4.46. The second-order valence-corrected chi connectivity index (χ2v) is 3.53. The van der Waals surface area contributed by atoms with Gasteiger partial charge < -0.3 is 5.32 Å². The van der Waals surface area contributed by atoms with Gasteiger partial charge in [-0.15, -0.1) is 0 Å². The maximum Gasteiger partial charge on any atom is 0.417 e. The van der Waals surface area contributed by atoms with Crippen molar-refractivity contribution >= 4 is 5.69 Å². The first-order valence-corrected chi connectivity index (χ1v) is 4.57. The highest BCUT2D eigenvalue weighted by atomic mass is 19.4. The molecule has 0 radical (unpaired) electrons. The summed E-state index contributed by atoms with van der Waals surface area (Å²) in [5, 5.41) is 1.44. The molecule has 1 rings (SSSR count). The summed E-state index contributed by atoms with van der Waals surface area (Å²) in [4.78, 5) is 0. The zero-order chi connectivity index (χ0) is 13.3. The maximum absolute atomic E-state index is 12.2. The number of alkyl halides is 6. The quantitative estimate of drug-likeness (QED) is 0.792. The molecule has 17 heavy (non-hydrogen) atoms. The fourth-order valence-electron chi connectivity index (χ4n) is 1.17. The highest BCUT2D eigenvalue weighted by Gasteiger charge is 2.56. The van der Waals surface area contributed by atoms with Crippen molar-refractivity contribution in [3.8, 4) is 0 Å². The molecule has 0 atom stereocenters. The minimum Gasteiger partial charge on any atom is -0.367 e. The Hall–Kier alpha value is -1.40. The second-order valence-electron chi connectivity index (χ2n) is 3.53. The summed E-state index contributed by atoms with van der Waals surface area (Å²) >= 11 is 0. The first-order valence-electron chi connectivity index (χ1n) is 4.57. The van der Waals surface area contributed by atoms with E-state index in [0.717, 1.165) is 5.56 Å². The maximum atomic E-state index is 12.2. The summed E-state index contributed by atoms with van der Waals surface area (Å²) in [7, 11) is 0. The third kappa shape index (κ3) is 3.83. The van der Waals surface area contributed by atoms with Gasteiger partial charge in [0.05, 0.1) is 0 Å². The van der Waals surface area contributed by atoms with Crippen molar-refractivity contribution in [1.29, 1.82) is 0 Å². The Morgan fingerprint density at radius 2 is 1.29 bits per heavy atom. The van der Waals surface area contributed by atoms with Crippen LogP contribution in [0.4, 0.5) is 32.0 Å². The number of anilines is 1. The number of rotatable bonds is 2. The Morgan fingerprint density at radius 1 is 0.882 bits per heavy atom. The van der Waals surface area contributed by atoms with Crippen molar-refractivity contribution in [3.05, 3.63) is 29.8 Å². The van der Waals surface area contributed by atoms with E-state index < -0.39 is 18.4 Å². The van der Waals surface area contributed by atoms with E-state index in [1.54, 1.807) is 6.92 Å². The van der Waals surface area contributed by atoms with Gasteiger partial charge in [0, 0.05) is 5.69 Å². The van der Waals surface area contributed by atoms with Gasteiger partial charge in [0.15, 0.2) is 0 Å². The molecular weight excluding hydrogens is 248 g/mol. The summed E-state index contributed by atoms with van der Waals surface area (Å²) in [6.45, 7) is 1.68. The molecule has 0 fully saturated rings. The smallest absolute Gasteiger partial charge is 0.367 e. The van der Waals surface area contributed by atoms with Crippen LogP contribution in [-0.2, 0) is 0 Å². The van der Waals surface area contributed by atoms with Crippen molar-refractivity contribution in [3.63, 3.8) is 0 Å². The number of halogens is 6. The van der Waals surface area contributed by atoms with Crippen molar-refractivity contribution in [2.75, 3.05) is 5.32 Å².